The van der Waals surface area contributed by atoms with E-state index in [1.807, 2.05) is 6.92 Å². The summed E-state index contributed by atoms with van der Waals surface area (Å²) >= 11 is 0. The van der Waals surface area contributed by atoms with E-state index in [2.05, 4.69) is 44.3 Å². The first-order chi connectivity index (χ1) is 7.99. The molecular formula is C15H25NO. The third-order valence-corrected chi connectivity index (χ3v) is 3.05. The lowest BCUT2D eigenvalue weighted by Crippen LogP contribution is -2.23. The Bertz CT molecular complexity index is 347. The van der Waals surface area contributed by atoms with Crippen LogP contribution < -0.4 is 5.32 Å². The van der Waals surface area contributed by atoms with Crippen LogP contribution >= 0.6 is 0 Å². The first-order valence-electron chi connectivity index (χ1n) is 6.44. The number of hydrogen-bond acceptors (Lipinski definition) is 2. The molecule has 0 radical (unpaired) electrons. The molecule has 0 spiro atoms. The average molecular weight is 235 g/mol. The highest BCUT2D eigenvalue weighted by molar-refractivity contribution is 5.30. The lowest BCUT2D eigenvalue weighted by Gasteiger charge is -2.15. The van der Waals surface area contributed by atoms with Crippen LogP contribution in [0.3, 0.4) is 0 Å². The van der Waals surface area contributed by atoms with Crippen LogP contribution in [0.25, 0.3) is 0 Å². The van der Waals surface area contributed by atoms with Crippen LogP contribution in [0.5, 0.6) is 0 Å². The molecule has 0 saturated carbocycles. The van der Waals surface area contributed by atoms with Crippen LogP contribution in [0.15, 0.2) is 18.2 Å². The molecular weight excluding hydrogens is 210 g/mol. The Balaban J connectivity index is 2.35. The minimum Gasteiger partial charge on any atom is -0.393 e. The van der Waals surface area contributed by atoms with Crippen molar-refractivity contribution in [3.05, 3.63) is 34.9 Å². The summed E-state index contributed by atoms with van der Waals surface area (Å²) in [5, 5.41) is 12.7. The third kappa shape index (κ3) is 5.33. The van der Waals surface area contributed by atoms with Gasteiger partial charge >= 0.3 is 0 Å². The largest absolute Gasteiger partial charge is 0.393 e. The van der Waals surface area contributed by atoms with Crippen molar-refractivity contribution in [3.63, 3.8) is 0 Å². The van der Waals surface area contributed by atoms with Gasteiger partial charge in [-0.1, -0.05) is 30.7 Å². The van der Waals surface area contributed by atoms with Gasteiger partial charge in [0.25, 0.3) is 0 Å². The molecule has 0 bridgehead atoms. The van der Waals surface area contributed by atoms with Gasteiger partial charge in [0, 0.05) is 6.54 Å². The maximum atomic E-state index is 9.29. The Hall–Kier alpha value is -0.860. The van der Waals surface area contributed by atoms with Crippen molar-refractivity contribution in [2.24, 2.45) is 5.92 Å². The lowest BCUT2D eigenvalue weighted by molar-refractivity contribution is 0.163. The van der Waals surface area contributed by atoms with Crippen molar-refractivity contribution in [2.75, 3.05) is 6.54 Å². The predicted octanol–water partition coefficient (Wildman–Crippen LogP) is 2.80. The number of aliphatic hydroxyl groups is 1. The highest BCUT2D eigenvalue weighted by Gasteiger charge is 2.06. The van der Waals surface area contributed by atoms with E-state index in [4.69, 9.17) is 0 Å². The van der Waals surface area contributed by atoms with E-state index >= 15 is 0 Å². The van der Waals surface area contributed by atoms with Crippen LogP contribution in [0, 0.1) is 19.8 Å². The van der Waals surface area contributed by atoms with Crippen molar-refractivity contribution in [1.29, 1.82) is 0 Å². The van der Waals surface area contributed by atoms with Gasteiger partial charge in [0.2, 0.25) is 0 Å². The van der Waals surface area contributed by atoms with Crippen LogP contribution in [-0.2, 0) is 6.54 Å². The minimum atomic E-state index is -0.201. The van der Waals surface area contributed by atoms with Gasteiger partial charge in [0.1, 0.15) is 0 Å². The lowest BCUT2D eigenvalue weighted by atomic mass is 10.0. The summed E-state index contributed by atoms with van der Waals surface area (Å²) in [4.78, 5) is 0. The fourth-order valence-corrected chi connectivity index (χ4v) is 2.16. The van der Waals surface area contributed by atoms with Gasteiger partial charge in [-0.25, -0.2) is 0 Å². The van der Waals surface area contributed by atoms with Crippen LogP contribution in [-0.4, -0.2) is 17.8 Å². The number of rotatable bonds is 6. The third-order valence-electron chi connectivity index (χ3n) is 3.05. The summed E-state index contributed by atoms with van der Waals surface area (Å²) in [6.45, 7) is 10.2. The topological polar surface area (TPSA) is 32.3 Å². The molecule has 0 fully saturated rings. The molecule has 0 saturated heterocycles. The Labute approximate surface area is 105 Å². The molecule has 0 aliphatic heterocycles. The summed E-state index contributed by atoms with van der Waals surface area (Å²) in [6.07, 6.45) is 0.660. The van der Waals surface area contributed by atoms with Gasteiger partial charge in [0.05, 0.1) is 6.10 Å². The fourth-order valence-electron chi connectivity index (χ4n) is 2.16. The highest BCUT2D eigenvalue weighted by atomic mass is 16.3. The quantitative estimate of drug-likeness (QED) is 0.794. The predicted molar refractivity (Wildman–Crippen MR) is 73.1 cm³/mol. The number of aryl methyl sites for hydroxylation is 2. The second kappa shape index (κ2) is 6.77. The Morgan fingerprint density at radius 1 is 1.24 bits per heavy atom. The molecule has 17 heavy (non-hydrogen) atoms. The molecule has 0 amide bonds. The van der Waals surface area contributed by atoms with Gasteiger partial charge in [-0.15, -0.1) is 0 Å². The maximum absolute atomic E-state index is 9.29. The van der Waals surface area contributed by atoms with Gasteiger partial charge in [-0.05, 0) is 50.8 Å². The van der Waals surface area contributed by atoms with Crippen LogP contribution in [0.1, 0.15) is 37.0 Å². The summed E-state index contributed by atoms with van der Waals surface area (Å²) < 4.78 is 0. The molecule has 0 aromatic heterocycles. The van der Waals surface area contributed by atoms with Crippen LogP contribution in [0.4, 0.5) is 0 Å². The standard InChI is InChI=1S/C15H25NO/c1-11-5-6-15(13(3)7-11)10-16-9-12(2)8-14(4)17/h5-7,12,14,16-17H,8-10H2,1-4H3. The van der Waals surface area contributed by atoms with Gasteiger partial charge in [-0.2, -0.15) is 0 Å². The van der Waals surface area contributed by atoms with Crippen molar-refractivity contribution < 1.29 is 5.11 Å². The van der Waals surface area contributed by atoms with E-state index in [1.165, 1.54) is 16.7 Å². The molecule has 2 heteroatoms. The SMILES string of the molecule is Cc1ccc(CNCC(C)CC(C)O)c(C)c1. The van der Waals surface area contributed by atoms with E-state index in [1.54, 1.807) is 0 Å². The van der Waals surface area contributed by atoms with E-state index in [0.29, 0.717) is 5.92 Å². The zero-order valence-electron chi connectivity index (χ0n) is 11.5. The second-order valence-electron chi connectivity index (χ2n) is 5.25. The Morgan fingerprint density at radius 3 is 2.53 bits per heavy atom. The fraction of sp³-hybridized carbons (Fsp3) is 0.600. The minimum absolute atomic E-state index is 0.201. The molecule has 0 aliphatic carbocycles. The summed E-state index contributed by atoms with van der Waals surface area (Å²) in [5.74, 6) is 0.515. The summed E-state index contributed by atoms with van der Waals surface area (Å²) in [7, 11) is 0. The first kappa shape index (κ1) is 14.2. The molecule has 2 atom stereocenters. The first-order valence-corrected chi connectivity index (χ1v) is 6.44. The van der Waals surface area contributed by atoms with E-state index in [9.17, 15) is 5.11 Å². The molecule has 96 valence electrons. The maximum Gasteiger partial charge on any atom is 0.0515 e. The normalized spacial score (nSPS) is 14.6. The molecule has 1 rings (SSSR count). The molecule has 0 heterocycles. The van der Waals surface area contributed by atoms with Crippen molar-refractivity contribution >= 4 is 0 Å². The summed E-state index contributed by atoms with van der Waals surface area (Å²) in [5.41, 5.74) is 4.02. The number of nitrogens with one attached hydrogen (secondary N) is 1. The van der Waals surface area contributed by atoms with E-state index in [-0.39, 0.29) is 6.10 Å². The Morgan fingerprint density at radius 2 is 1.94 bits per heavy atom. The highest BCUT2D eigenvalue weighted by Crippen LogP contribution is 2.10. The average Bonchev–Trinajstić information content (AvgIpc) is 2.20. The van der Waals surface area contributed by atoms with Crippen molar-refractivity contribution in [3.8, 4) is 0 Å². The van der Waals surface area contributed by atoms with E-state index in [0.717, 1.165) is 19.5 Å². The van der Waals surface area contributed by atoms with Crippen LogP contribution in [0.2, 0.25) is 0 Å². The zero-order chi connectivity index (χ0) is 12.8. The number of aliphatic hydroxyl groups excluding tert-OH is 1. The van der Waals surface area contributed by atoms with Crippen molar-refractivity contribution in [2.45, 2.75) is 46.8 Å². The summed E-state index contributed by atoms with van der Waals surface area (Å²) in [6, 6.07) is 6.57. The number of benzene rings is 1. The molecule has 2 N–H and O–H groups in total. The van der Waals surface area contributed by atoms with Gasteiger partial charge in [-0.3, -0.25) is 0 Å². The smallest absolute Gasteiger partial charge is 0.0515 e. The monoisotopic (exact) mass is 235 g/mol. The van der Waals surface area contributed by atoms with Crippen molar-refractivity contribution in [1.82, 2.24) is 5.32 Å². The molecule has 1 aromatic carbocycles. The second-order valence-corrected chi connectivity index (χ2v) is 5.25. The number of hydrogen-bond donors (Lipinski definition) is 2. The zero-order valence-corrected chi connectivity index (χ0v) is 11.5. The Kier molecular flexibility index (Phi) is 5.66. The van der Waals surface area contributed by atoms with Gasteiger partial charge in [0.15, 0.2) is 0 Å². The van der Waals surface area contributed by atoms with E-state index < -0.39 is 0 Å². The molecule has 1 aromatic rings. The van der Waals surface area contributed by atoms with Gasteiger partial charge < -0.3 is 10.4 Å². The molecule has 0 aliphatic rings. The molecule has 2 unspecified atom stereocenters. The molecule has 2 nitrogen and oxygen atoms in total.